The van der Waals surface area contributed by atoms with Crippen molar-refractivity contribution in [3.05, 3.63) is 30.1 Å². The Labute approximate surface area is 132 Å². The van der Waals surface area contributed by atoms with E-state index in [1.54, 1.807) is 18.5 Å². The van der Waals surface area contributed by atoms with Crippen LogP contribution in [0.3, 0.4) is 0 Å². The molecule has 1 fully saturated rings. The summed E-state index contributed by atoms with van der Waals surface area (Å²) in [6, 6.07) is 1.98. The summed E-state index contributed by atoms with van der Waals surface area (Å²) < 4.78 is 0. The van der Waals surface area contributed by atoms with E-state index in [0.717, 1.165) is 22.3 Å². The molecule has 1 saturated heterocycles. The van der Waals surface area contributed by atoms with Crippen molar-refractivity contribution in [3.63, 3.8) is 0 Å². The van der Waals surface area contributed by atoms with Crippen LogP contribution in [-0.2, 0) is 4.79 Å². The molecule has 23 heavy (non-hydrogen) atoms. The molecule has 4 N–H and O–H groups in total. The van der Waals surface area contributed by atoms with Crippen molar-refractivity contribution in [1.82, 2.24) is 14.9 Å². The van der Waals surface area contributed by atoms with E-state index in [-0.39, 0.29) is 0 Å². The first-order valence-electron chi connectivity index (χ1n) is 7.22. The third-order valence-electron chi connectivity index (χ3n) is 3.89. The molecule has 120 valence electrons. The Bertz CT molecular complexity index is 775. The molecule has 8 nitrogen and oxygen atoms in total. The molecule has 0 bridgehead atoms. The third-order valence-corrected chi connectivity index (χ3v) is 3.89. The second-order valence-corrected chi connectivity index (χ2v) is 5.33. The molecule has 0 aliphatic carbocycles. The van der Waals surface area contributed by atoms with Gasteiger partial charge in [0.2, 0.25) is 5.91 Å². The average Bonchev–Trinajstić information content (AvgIpc) is 2.95. The Morgan fingerprint density at radius 3 is 2.70 bits per heavy atom. The number of carboxylic acid groups (broad SMARTS) is 1. The molecule has 1 aliphatic rings. The van der Waals surface area contributed by atoms with Gasteiger partial charge in [0, 0.05) is 49.4 Å². The van der Waals surface area contributed by atoms with Crippen molar-refractivity contribution in [2.24, 2.45) is 5.73 Å². The van der Waals surface area contributed by atoms with E-state index in [2.05, 4.69) is 14.9 Å². The van der Waals surface area contributed by atoms with Crippen LogP contribution < -0.4 is 10.6 Å². The van der Waals surface area contributed by atoms with Crippen LogP contribution in [0.25, 0.3) is 17.1 Å². The molecule has 2 aromatic rings. The highest BCUT2D eigenvalue weighted by molar-refractivity contribution is 5.95. The zero-order chi connectivity index (χ0) is 16.4. The predicted octanol–water partition coefficient (Wildman–Crippen LogP) is 0.861. The van der Waals surface area contributed by atoms with E-state index in [9.17, 15) is 9.59 Å². The molecule has 0 saturated carbocycles. The van der Waals surface area contributed by atoms with Crippen molar-refractivity contribution in [2.45, 2.75) is 0 Å². The lowest BCUT2D eigenvalue weighted by atomic mass is 10.2. The monoisotopic (exact) mass is 315 g/mol. The molecule has 0 atom stereocenters. The molecular formula is C15H17N5O3. The fourth-order valence-corrected chi connectivity index (χ4v) is 2.65. The normalized spacial score (nSPS) is 15.5. The fraction of sp³-hybridized carbons (Fsp3) is 0.267. The first kappa shape index (κ1) is 14.9. The minimum absolute atomic E-state index is 0.467. The molecule has 0 unspecified atom stereocenters. The van der Waals surface area contributed by atoms with E-state index in [4.69, 9.17) is 10.8 Å². The summed E-state index contributed by atoms with van der Waals surface area (Å²) in [7, 11) is 0. The fourth-order valence-electron chi connectivity index (χ4n) is 2.65. The Morgan fingerprint density at radius 2 is 2.04 bits per heavy atom. The maximum absolute atomic E-state index is 11.0. The summed E-state index contributed by atoms with van der Waals surface area (Å²) in [5, 5.41) is 9.88. The number of anilines is 1. The lowest BCUT2D eigenvalue weighted by Gasteiger charge is -2.34. The van der Waals surface area contributed by atoms with E-state index < -0.39 is 12.0 Å². The van der Waals surface area contributed by atoms with Crippen molar-refractivity contribution in [3.8, 4) is 0 Å². The van der Waals surface area contributed by atoms with Crippen molar-refractivity contribution >= 4 is 34.8 Å². The molecule has 0 aromatic carbocycles. The molecular weight excluding hydrogens is 298 g/mol. The van der Waals surface area contributed by atoms with Gasteiger partial charge in [0.15, 0.2) is 0 Å². The van der Waals surface area contributed by atoms with Crippen LogP contribution in [-0.4, -0.2) is 58.2 Å². The van der Waals surface area contributed by atoms with Gasteiger partial charge in [0.25, 0.3) is 0 Å². The molecule has 2 aromatic heterocycles. The number of aromatic amines is 1. The van der Waals surface area contributed by atoms with Gasteiger partial charge in [-0.2, -0.15) is 0 Å². The van der Waals surface area contributed by atoms with Gasteiger partial charge in [-0.05, 0) is 12.1 Å². The molecule has 1 aliphatic heterocycles. The first-order chi connectivity index (χ1) is 11.0. The zero-order valence-electron chi connectivity index (χ0n) is 12.4. The number of nitrogens with two attached hydrogens (primary N) is 1. The van der Waals surface area contributed by atoms with E-state index in [1.165, 1.54) is 11.0 Å². The molecule has 8 heteroatoms. The first-order valence-corrected chi connectivity index (χ1v) is 7.22. The number of fused-ring (bicyclic) bond motifs is 1. The summed E-state index contributed by atoms with van der Waals surface area (Å²) in [6.07, 6.45) is 5.60. The number of nitrogens with zero attached hydrogens (tertiary/aromatic N) is 3. The van der Waals surface area contributed by atoms with Gasteiger partial charge in [-0.15, -0.1) is 0 Å². The van der Waals surface area contributed by atoms with Gasteiger partial charge in [0.05, 0.1) is 11.9 Å². The number of piperazine rings is 1. The number of H-pyrrole nitrogens is 1. The minimum atomic E-state index is -0.886. The van der Waals surface area contributed by atoms with Crippen LogP contribution in [0.2, 0.25) is 0 Å². The molecule has 2 amide bonds. The van der Waals surface area contributed by atoms with E-state index in [1.807, 2.05) is 6.07 Å². The number of rotatable bonds is 3. The standard InChI is InChI=1S/C15H17N5O3/c16-13(21)2-1-10-8-17-14-12(10)7-11(9-18-14)19-3-5-20(6-4-19)15(22)23/h1-2,7-9H,3-6H2,(H2,16,21)(H,17,18)(H,22,23). The highest BCUT2D eigenvalue weighted by Gasteiger charge is 2.21. The maximum Gasteiger partial charge on any atom is 0.407 e. The summed E-state index contributed by atoms with van der Waals surface area (Å²) in [6.45, 7) is 2.18. The number of carbonyl (C=O) groups excluding carboxylic acids is 1. The molecule has 3 rings (SSSR count). The lowest BCUT2D eigenvalue weighted by molar-refractivity contribution is -0.113. The molecule has 3 heterocycles. The van der Waals surface area contributed by atoms with Crippen LogP contribution in [0.4, 0.5) is 10.5 Å². The minimum Gasteiger partial charge on any atom is -0.465 e. The van der Waals surface area contributed by atoms with Crippen molar-refractivity contribution in [1.29, 1.82) is 0 Å². The predicted molar refractivity (Wildman–Crippen MR) is 86.1 cm³/mol. The lowest BCUT2D eigenvalue weighted by Crippen LogP contribution is -2.48. The smallest absolute Gasteiger partial charge is 0.407 e. The van der Waals surface area contributed by atoms with Crippen LogP contribution in [0.5, 0.6) is 0 Å². The Morgan fingerprint density at radius 1 is 1.30 bits per heavy atom. The summed E-state index contributed by atoms with van der Waals surface area (Å²) in [5.41, 5.74) is 7.61. The quantitative estimate of drug-likeness (QED) is 0.727. The third kappa shape index (κ3) is 3.10. The van der Waals surface area contributed by atoms with Crippen molar-refractivity contribution in [2.75, 3.05) is 31.1 Å². The van der Waals surface area contributed by atoms with E-state index in [0.29, 0.717) is 26.2 Å². The van der Waals surface area contributed by atoms with E-state index >= 15 is 0 Å². The number of carbonyl (C=O) groups is 2. The average molecular weight is 315 g/mol. The molecule has 0 radical (unpaired) electrons. The second-order valence-electron chi connectivity index (χ2n) is 5.33. The van der Waals surface area contributed by atoms with Gasteiger partial charge >= 0.3 is 6.09 Å². The summed E-state index contributed by atoms with van der Waals surface area (Å²) in [4.78, 5) is 32.8. The van der Waals surface area contributed by atoms with Gasteiger partial charge in [0.1, 0.15) is 5.65 Å². The summed E-state index contributed by atoms with van der Waals surface area (Å²) >= 11 is 0. The topological polar surface area (TPSA) is 116 Å². The van der Waals surface area contributed by atoms with Crippen LogP contribution >= 0.6 is 0 Å². The number of hydrogen-bond acceptors (Lipinski definition) is 4. The van der Waals surface area contributed by atoms with Gasteiger partial charge < -0.3 is 25.6 Å². The number of pyridine rings is 1. The Balaban J connectivity index is 1.84. The number of aromatic nitrogens is 2. The zero-order valence-corrected chi connectivity index (χ0v) is 12.4. The number of nitrogens with one attached hydrogen (secondary N) is 1. The Kier molecular flexibility index (Phi) is 3.88. The number of hydrogen-bond donors (Lipinski definition) is 3. The number of amides is 2. The SMILES string of the molecule is NC(=O)C=Cc1c[nH]c2ncc(N3CCN(C(=O)O)CC3)cc12. The van der Waals surface area contributed by atoms with Crippen LogP contribution in [0, 0.1) is 0 Å². The van der Waals surface area contributed by atoms with Gasteiger partial charge in [-0.1, -0.05) is 0 Å². The molecule has 0 spiro atoms. The van der Waals surface area contributed by atoms with Crippen LogP contribution in [0.1, 0.15) is 5.56 Å². The second kappa shape index (κ2) is 5.99. The Hall–Kier alpha value is -3.03. The van der Waals surface area contributed by atoms with Crippen molar-refractivity contribution < 1.29 is 14.7 Å². The largest absolute Gasteiger partial charge is 0.465 e. The highest BCUT2D eigenvalue weighted by Crippen LogP contribution is 2.24. The van der Waals surface area contributed by atoms with Gasteiger partial charge in [-0.25, -0.2) is 9.78 Å². The van der Waals surface area contributed by atoms with Crippen LogP contribution in [0.15, 0.2) is 24.5 Å². The van der Waals surface area contributed by atoms with Gasteiger partial charge in [-0.3, -0.25) is 4.79 Å². The summed E-state index contributed by atoms with van der Waals surface area (Å²) in [5.74, 6) is -0.506. The number of primary amides is 1. The highest BCUT2D eigenvalue weighted by atomic mass is 16.4. The maximum atomic E-state index is 11.0.